The Labute approximate surface area is 158 Å². The molecule has 0 aliphatic carbocycles. The van der Waals surface area contributed by atoms with Crippen molar-refractivity contribution in [3.8, 4) is 0 Å². The topological polar surface area (TPSA) is 56.3 Å². The molecule has 1 atom stereocenters. The number of nitrogens with one attached hydrogen (secondary N) is 2. The smallest absolute Gasteiger partial charge is 0.276 e. The molecule has 2 N–H and O–H groups in total. The molecule has 0 saturated carbocycles. The highest BCUT2D eigenvalue weighted by molar-refractivity contribution is 6.35. The summed E-state index contributed by atoms with van der Waals surface area (Å²) in [7, 11) is 0. The fourth-order valence-electron chi connectivity index (χ4n) is 3.42. The number of amidine groups is 1. The van der Waals surface area contributed by atoms with E-state index in [-0.39, 0.29) is 11.9 Å². The van der Waals surface area contributed by atoms with Gasteiger partial charge in [-0.1, -0.05) is 24.9 Å². The molecule has 1 unspecified atom stereocenters. The zero-order valence-electron chi connectivity index (χ0n) is 14.7. The lowest BCUT2D eigenvalue weighted by Gasteiger charge is -2.31. The van der Waals surface area contributed by atoms with E-state index in [1.165, 1.54) is 17.3 Å². The highest BCUT2D eigenvalue weighted by Crippen LogP contribution is 2.41. The number of rotatable bonds is 3. The summed E-state index contributed by atoms with van der Waals surface area (Å²) in [4.78, 5) is 4.56. The van der Waals surface area contributed by atoms with Crippen LogP contribution >= 0.6 is 11.6 Å². The summed E-state index contributed by atoms with van der Waals surface area (Å²) in [6.45, 7) is 3.64. The van der Waals surface area contributed by atoms with Gasteiger partial charge < -0.3 is 0 Å². The van der Waals surface area contributed by atoms with Crippen LogP contribution in [-0.2, 0) is 0 Å². The zero-order valence-corrected chi connectivity index (χ0v) is 15.4. The van der Waals surface area contributed by atoms with Crippen molar-refractivity contribution in [2.24, 2.45) is 4.99 Å². The first-order valence-corrected chi connectivity index (χ1v) is 8.94. The van der Waals surface area contributed by atoms with Crippen molar-refractivity contribution < 1.29 is 13.2 Å². The van der Waals surface area contributed by atoms with Crippen LogP contribution in [-0.4, -0.2) is 33.4 Å². The van der Waals surface area contributed by atoms with Crippen LogP contribution in [0, 0.1) is 0 Å². The van der Waals surface area contributed by atoms with Crippen molar-refractivity contribution >= 4 is 34.0 Å². The Morgan fingerprint density at radius 3 is 2.78 bits per heavy atom. The van der Waals surface area contributed by atoms with Crippen molar-refractivity contribution in [2.75, 3.05) is 0 Å². The summed E-state index contributed by atoms with van der Waals surface area (Å²) >= 11 is 6.28. The second-order valence-corrected chi connectivity index (χ2v) is 7.01. The van der Waals surface area contributed by atoms with Crippen molar-refractivity contribution in [3.63, 3.8) is 0 Å². The van der Waals surface area contributed by atoms with Crippen LogP contribution in [0.2, 0.25) is 5.02 Å². The van der Waals surface area contributed by atoms with Gasteiger partial charge in [0.2, 0.25) is 0 Å². The molecule has 0 spiro atoms. The van der Waals surface area contributed by atoms with Crippen molar-refractivity contribution in [3.05, 3.63) is 46.1 Å². The molecule has 2 aliphatic heterocycles. The Kier molecular flexibility index (Phi) is 4.27. The molecule has 0 amide bonds. The molecule has 0 bridgehead atoms. The van der Waals surface area contributed by atoms with Crippen LogP contribution in [0.15, 0.2) is 40.5 Å². The van der Waals surface area contributed by atoms with E-state index in [2.05, 4.69) is 20.6 Å². The van der Waals surface area contributed by atoms with Crippen LogP contribution < -0.4 is 5.43 Å². The highest BCUT2D eigenvalue weighted by Gasteiger charge is 2.43. The molecule has 0 fully saturated rings. The quantitative estimate of drug-likeness (QED) is 0.785. The Morgan fingerprint density at radius 2 is 2.07 bits per heavy atom. The van der Waals surface area contributed by atoms with E-state index >= 15 is 0 Å². The maximum absolute atomic E-state index is 13.9. The van der Waals surface area contributed by atoms with Gasteiger partial charge in [0, 0.05) is 10.9 Å². The molecule has 3 heterocycles. The minimum atomic E-state index is -4.52. The second kappa shape index (κ2) is 6.38. The lowest BCUT2D eigenvalue weighted by atomic mass is 9.98. The maximum atomic E-state index is 13.9. The number of H-pyrrole nitrogens is 1. The lowest BCUT2D eigenvalue weighted by molar-refractivity contribution is -0.0884. The first-order chi connectivity index (χ1) is 12.8. The molecule has 5 nitrogen and oxygen atoms in total. The van der Waals surface area contributed by atoms with E-state index in [0.717, 1.165) is 18.9 Å². The Hall–Kier alpha value is -2.32. The number of nitrogens with zero attached hydrogens (tertiary/aromatic N) is 3. The van der Waals surface area contributed by atoms with Gasteiger partial charge in [0.25, 0.3) is 0 Å². The molecule has 4 rings (SSSR count). The van der Waals surface area contributed by atoms with Crippen molar-refractivity contribution in [2.45, 2.75) is 39.0 Å². The van der Waals surface area contributed by atoms with Gasteiger partial charge in [-0.2, -0.15) is 18.3 Å². The largest absolute Gasteiger partial charge is 0.418 e. The number of aliphatic imine (C=N–C) groups is 1. The summed E-state index contributed by atoms with van der Waals surface area (Å²) in [6.07, 6.45) is -0.510. The Morgan fingerprint density at radius 1 is 1.30 bits per heavy atom. The number of allylic oxidation sites excluding steroid dienone is 2. The first-order valence-electron chi connectivity index (χ1n) is 8.57. The Balaban J connectivity index is 1.93. The van der Waals surface area contributed by atoms with E-state index in [9.17, 15) is 13.2 Å². The second-order valence-electron chi connectivity index (χ2n) is 6.60. The number of aromatic nitrogens is 2. The standard InChI is InChI=1S/C18H17ClF3N5/c1-3-4-14-24-17-9(2)5-12(18(20,21)22)16(27(17)26-14)10-6-11-8-23-25-15(11)13(19)7-10/h5-8,14,26H,3-4H2,1-2H3,(H,23,25). The predicted molar refractivity (Wildman–Crippen MR) is 98.9 cm³/mol. The molecule has 1 aromatic carbocycles. The SMILES string of the molecule is CCCC1N=C2C(C)=CC(C(F)(F)F)=C(c3cc(Cl)c4[nH]ncc4c3)N2N1. The average Bonchev–Trinajstić information content (AvgIpc) is 3.21. The summed E-state index contributed by atoms with van der Waals surface area (Å²) in [5.41, 5.74) is 3.76. The summed E-state index contributed by atoms with van der Waals surface area (Å²) in [5.74, 6) is 0.500. The van der Waals surface area contributed by atoms with Gasteiger partial charge in [0.05, 0.1) is 28.0 Å². The van der Waals surface area contributed by atoms with E-state index in [0.29, 0.717) is 32.9 Å². The molecule has 0 saturated heterocycles. The number of hydrazine groups is 1. The van der Waals surface area contributed by atoms with Gasteiger partial charge in [0.1, 0.15) is 12.0 Å². The van der Waals surface area contributed by atoms with Crippen LogP contribution in [0.3, 0.4) is 0 Å². The number of halogens is 4. The summed E-state index contributed by atoms with van der Waals surface area (Å²) in [6, 6.07) is 3.16. The molecule has 2 aliphatic rings. The van der Waals surface area contributed by atoms with Crippen LogP contribution in [0.1, 0.15) is 32.3 Å². The third-order valence-corrected chi connectivity index (χ3v) is 4.90. The van der Waals surface area contributed by atoms with Crippen LogP contribution in [0.25, 0.3) is 16.6 Å². The average molecular weight is 396 g/mol. The van der Waals surface area contributed by atoms with Gasteiger partial charge in [-0.05, 0) is 37.1 Å². The van der Waals surface area contributed by atoms with E-state index in [4.69, 9.17) is 11.6 Å². The molecule has 2 aromatic rings. The molecule has 1 aromatic heterocycles. The van der Waals surface area contributed by atoms with Crippen LogP contribution in [0.5, 0.6) is 0 Å². The highest BCUT2D eigenvalue weighted by atomic mass is 35.5. The maximum Gasteiger partial charge on any atom is 0.418 e. The normalized spacial score (nSPS) is 20.2. The van der Waals surface area contributed by atoms with Gasteiger partial charge >= 0.3 is 6.18 Å². The third kappa shape index (κ3) is 3.02. The number of benzene rings is 1. The molecule has 27 heavy (non-hydrogen) atoms. The van der Waals surface area contributed by atoms with E-state index in [1.807, 2.05) is 6.92 Å². The van der Waals surface area contributed by atoms with Gasteiger partial charge in [-0.25, -0.2) is 10.4 Å². The van der Waals surface area contributed by atoms with Crippen LogP contribution in [0.4, 0.5) is 13.2 Å². The molecular formula is C18H17ClF3N5. The molecule has 142 valence electrons. The monoisotopic (exact) mass is 395 g/mol. The number of aromatic amines is 1. The number of hydrogen-bond donors (Lipinski definition) is 2. The van der Waals surface area contributed by atoms with E-state index < -0.39 is 11.7 Å². The number of hydrogen-bond acceptors (Lipinski definition) is 4. The fraction of sp³-hybridized carbons (Fsp3) is 0.333. The summed E-state index contributed by atoms with van der Waals surface area (Å²) < 4.78 is 41.6. The number of fused-ring (bicyclic) bond motifs is 2. The molecular weight excluding hydrogens is 379 g/mol. The third-order valence-electron chi connectivity index (χ3n) is 4.60. The predicted octanol–water partition coefficient (Wildman–Crippen LogP) is 4.79. The summed E-state index contributed by atoms with van der Waals surface area (Å²) in [5, 5.41) is 9.06. The van der Waals surface area contributed by atoms with Gasteiger partial charge in [-0.15, -0.1) is 0 Å². The fourth-order valence-corrected chi connectivity index (χ4v) is 3.69. The van der Waals surface area contributed by atoms with Crippen molar-refractivity contribution in [1.82, 2.24) is 20.6 Å². The van der Waals surface area contributed by atoms with E-state index in [1.54, 1.807) is 13.0 Å². The first kappa shape index (κ1) is 18.1. The molecule has 0 radical (unpaired) electrons. The number of alkyl halides is 3. The lowest BCUT2D eigenvalue weighted by Crippen LogP contribution is -2.42. The van der Waals surface area contributed by atoms with Gasteiger partial charge in [0.15, 0.2) is 0 Å². The minimum absolute atomic E-state index is 0.00421. The Bertz CT molecular complexity index is 1000. The zero-order chi connectivity index (χ0) is 19.3. The van der Waals surface area contributed by atoms with Crippen molar-refractivity contribution in [1.29, 1.82) is 0 Å². The minimum Gasteiger partial charge on any atom is -0.276 e. The van der Waals surface area contributed by atoms with Gasteiger partial charge in [-0.3, -0.25) is 10.1 Å². The molecule has 9 heteroatoms.